The highest BCUT2D eigenvalue weighted by Crippen LogP contribution is 2.17. The monoisotopic (exact) mass is 209 g/mol. The van der Waals surface area contributed by atoms with E-state index in [-0.39, 0.29) is 12.3 Å². The minimum absolute atomic E-state index is 0.00927. The SMILES string of the molecule is COCCOc1ccccc1C(=O)CN. The van der Waals surface area contributed by atoms with E-state index >= 15 is 0 Å². The van der Waals surface area contributed by atoms with E-state index in [1.807, 2.05) is 6.07 Å². The Balaban J connectivity index is 2.73. The van der Waals surface area contributed by atoms with Gasteiger partial charge in [-0.25, -0.2) is 0 Å². The molecule has 1 aromatic rings. The number of rotatable bonds is 6. The molecule has 82 valence electrons. The van der Waals surface area contributed by atoms with Crippen molar-refractivity contribution >= 4 is 5.78 Å². The number of methoxy groups -OCH3 is 1. The first-order chi connectivity index (χ1) is 7.29. The number of nitrogens with two attached hydrogens (primary N) is 1. The summed E-state index contributed by atoms with van der Waals surface area (Å²) in [7, 11) is 1.60. The predicted octanol–water partition coefficient (Wildman–Crippen LogP) is 0.853. The summed E-state index contributed by atoms with van der Waals surface area (Å²) in [5.41, 5.74) is 5.82. The van der Waals surface area contributed by atoms with Crippen LogP contribution in [0.5, 0.6) is 5.75 Å². The topological polar surface area (TPSA) is 61.5 Å². The Morgan fingerprint density at radius 1 is 1.33 bits per heavy atom. The summed E-state index contributed by atoms with van der Waals surface area (Å²) in [6.45, 7) is 0.904. The van der Waals surface area contributed by atoms with E-state index in [0.717, 1.165) is 0 Å². The lowest BCUT2D eigenvalue weighted by Gasteiger charge is -2.09. The fourth-order valence-electron chi connectivity index (χ4n) is 1.17. The fourth-order valence-corrected chi connectivity index (χ4v) is 1.17. The third kappa shape index (κ3) is 3.34. The van der Waals surface area contributed by atoms with E-state index in [2.05, 4.69) is 0 Å². The lowest BCUT2D eigenvalue weighted by Crippen LogP contribution is -2.15. The van der Waals surface area contributed by atoms with Crippen molar-refractivity contribution < 1.29 is 14.3 Å². The van der Waals surface area contributed by atoms with Gasteiger partial charge in [0.25, 0.3) is 0 Å². The van der Waals surface area contributed by atoms with E-state index < -0.39 is 0 Å². The number of carbonyl (C=O) groups is 1. The van der Waals surface area contributed by atoms with Gasteiger partial charge in [0.1, 0.15) is 12.4 Å². The van der Waals surface area contributed by atoms with Gasteiger partial charge in [-0.3, -0.25) is 4.79 Å². The third-order valence-electron chi connectivity index (χ3n) is 1.92. The molecular formula is C11H15NO3. The normalized spacial score (nSPS) is 10.0. The van der Waals surface area contributed by atoms with Gasteiger partial charge in [-0.2, -0.15) is 0 Å². The van der Waals surface area contributed by atoms with Crippen LogP contribution in [-0.2, 0) is 4.74 Å². The molecule has 0 spiro atoms. The van der Waals surface area contributed by atoms with Crippen molar-refractivity contribution in [3.05, 3.63) is 29.8 Å². The summed E-state index contributed by atoms with van der Waals surface area (Å²) < 4.78 is 10.3. The first-order valence-corrected chi connectivity index (χ1v) is 4.73. The van der Waals surface area contributed by atoms with Crippen molar-refractivity contribution in [3.63, 3.8) is 0 Å². The Labute approximate surface area is 89.0 Å². The van der Waals surface area contributed by atoms with Gasteiger partial charge in [0.2, 0.25) is 0 Å². The van der Waals surface area contributed by atoms with Gasteiger partial charge in [-0.15, -0.1) is 0 Å². The largest absolute Gasteiger partial charge is 0.490 e. The van der Waals surface area contributed by atoms with Crippen LogP contribution in [0.3, 0.4) is 0 Å². The Hall–Kier alpha value is -1.39. The summed E-state index contributed by atoms with van der Waals surface area (Å²) in [5.74, 6) is 0.438. The maximum Gasteiger partial charge on any atom is 0.180 e. The van der Waals surface area contributed by atoms with Crippen LogP contribution in [0.2, 0.25) is 0 Å². The standard InChI is InChI=1S/C11H15NO3/c1-14-6-7-15-11-5-3-2-4-9(11)10(13)8-12/h2-5H,6-8,12H2,1H3. The summed E-state index contributed by atoms with van der Waals surface area (Å²) in [6.07, 6.45) is 0. The van der Waals surface area contributed by atoms with Crippen molar-refractivity contribution in [2.75, 3.05) is 26.9 Å². The molecule has 0 saturated carbocycles. The highest BCUT2D eigenvalue weighted by Gasteiger charge is 2.09. The fraction of sp³-hybridized carbons (Fsp3) is 0.364. The van der Waals surface area contributed by atoms with E-state index in [9.17, 15) is 4.79 Å². The van der Waals surface area contributed by atoms with E-state index in [1.54, 1.807) is 25.3 Å². The number of hydrogen-bond acceptors (Lipinski definition) is 4. The van der Waals surface area contributed by atoms with E-state index in [1.165, 1.54) is 0 Å². The number of Topliss-reactive ketones (excluding diaryl/α,β-unsaturated/α-hetero) is 1. The van der Waals surface area contributed by atoms with Crippen LogP contribution in [-0.4, -0.2) is 32.7 Å². The molecular weight excluding hydrogens is 194 g/mol. The molecule has 0 saturated heterocycles. The van der Waals surface area contributed by atoms with Gasteiger partial charge in [0.05, 0.1) is 18.7 Å². The number of carbonyl (C=O) groups excluding carboxylic acids is 1. The molecule has 0 radical (unpaired) electrons. The van der Waals surface area contributed by atoms with E-state index in [4.69, 9.17) is 15.2 Å². The zero-order valence-electron chi connectivity index (χ0n) is 8.73. The number of para-hydroxylation sites is 1. The number of hydrogen-bond donors (Lipinski definition) is 1. The molecule has 0 aliphatic heterocycles. The zero-order chi connectivity index (χ0) is 11.1. The molecule has 0 aliphatic rings. The molecule has 0 amide bonds. The van der Waals surface area contributed by atoms with Gasteiger partial charge in [-0.05, 0) is 12.1 Å². The summed E-state index contributed by atoms with van der Waals surface area (Å²) in [5, 5.41) is 0. The molecule has 4 nitrogen and oxygen atoms in total. The van der Waals surface area contributed by atoms with Crippen LogP contribution in [0.25, 0.3) is 0 Å². The van der Waals surface area contributed by atoms with Crippen LogP contribution < -0.4 is 10.5 Å². The Morgan fingerprint density at radius 3 is 2.73 bits per heavy atom. The molecule has 1 aromatic carbocycles. The van der Waals surface area contributed by atoms with Gasteiger partial charge >= 0.3 is 0 Å². The Kier molecular flexibility index (Phi) is 4.80. The molecule has 0 aliphatic carbocycles. The average Bonchev–Trinajstić information content (AvgIpc) is 2.29. The quantitative estimate of drug-likeness (QED) is 0.557. The van der Waals surface area contributed by atoms with Gasteiger partial charge < -0.3 is 15.2 Å². The smallest absolute Gasteiger partial charge is 0.180 e. The highest BCUT2D eigenvalue weighted by molar-refractivity contribution is 5.99. The summed E-state index contributed by atoms with van der Waals surface area (Å²) in [4.78, 5) is 11.4. The molecule has 0 aromatic heterocycles. The van der Waals surface area contributed by atoms with Crippen molar-refractivity contribution in [1.82, 2.24) is 0 Å². The lowest BCUT2D eigenvalue weighted by molar-refractivity contribution is 0.0993. The van der Waals surface area contributed by atoms with Crippen LogP contribution in [0.1, 0.15) is 10.4 Å². The zero-order valence-corrected chi connectivity index (χ0v) is 8.73. The summed E-state index contributed by atoms with van der Waals surface area (Å²) >= 11 is 0. The molecule has 0 bridgehead atoms. The van der Waals surface area contributed by atoms with E-state index in [0.29, 0.717) is 24.5 Å². The first kappa shape index (κ1) is 11.7. The Morgan fingerprint density at radius 2 is 2.07 bits per heavy atom. The van der Waals surface area contributed by atoms with Crippen molar-refractivity contribution in [1.29, 1.82) is 0 Å². The van der Waals surface area contributed by atoms with Crippen molar-refractivity contribution in [2.45, 2.75) is 0 Å². The molecule has 0 atom stereocenters. The number of ether oxygens (including phenoxy) is 2. The van der Waals surface area contributed by atoms with Crippen LogP contribution in [0.15, 0.2) is 24.3 Å². The van der Waals surface area contributed by atoms with Crippen LogP contribution in [0.4, 0.5) is 0 Å². The number of ketones is 1. The van der Waals surface area contributed by atoms with Gasteiger partial charge in [0.15, 0.2) is 5.78 Å². The first-order valence-electron chi connectivity index (χ1n) is 4.73. The average molecular weight is 209 g/mol. The maximum atomic E-state index is 11.4. The molecule has 4 heteroatoms. The molecule has 0 heterocycles. The number of benzene rings is 1. The molecule has 0 unspecified atom stereocenters. The van der Waals surface area contributed by atoms with Crippen molar-refractivity contribution in [3.8, 4) is 5.75 Å². The van der Waals surface area contributed by atoms with Crippen LogP contribution in [0, 0.1) is 0 Å². The molecule has 0 fully saturated rings. The summed E-state index contributed by atoms with van der Waals surface area (Å²) in [6, 6.07) is 7.05. The second-order valence-electron chi connectivity index (χ2n) is 2.96. The van der Waals surface area contributed by atoms with Crippen LogP contribution >= 0.6 is 0 Å². The Bertz CT molecular complexity index is 325. The maximum absolute atomic E-state index is 11.4. The lowest BCUT2D eigenvalue weighted by atomic mass is 10.1. The van der Waals surface area contributed by atoms with Gasteiger partial charge in [0, 0.05) is 7.11 Å². The highest BCUT2D eigenvalue weighted by atomic mass is 16.5. The molecule has 1 rings (SSSR count). The minimum Gasteiger partial charge on any atom is -0.490 e. The molecule has 15 heavy (non-hydrogen) atoms. The minimum atomic E-state index is -0.122. The predicted molar refractivity (Wildman–Crippen MR) is 57.2 cm³/mol. The molecule has 2 N–H and O–H groups in total. The second kappa shape index (κ2) is 6.16. The van der Waals surface area contributed by atoms with Gasteiger partial charge in [-0.1, -0.05) is 12.1 Å². The second-order valence-corrected chi connectivity index (χ2v) is 2.96. The van der Waals surface area contributed by atoms with Crippen molar-refractivity contribution in [2.24, 2.45) is 5.73 Å². The third-order valence-corrected chi connectivity index (χ3v) is 1.92.